The summed E-state index contributed by atoms with van der Waals surface area (Å²) >= 11 is 5.62. The molecule has 1 aliphatic rings. The second kappa shape index (κ2) is 7.70. The monoisotopic (exact) mass is 341 g/mol. The average molecular weight is 342 g/mol. The Bertz CT molecular complexity index is 394. The Morgan fingerprint density at radius 3 is 2.95 bits per heavy atom. The first-order valence-electron chi connectivity index (χ1n) is 7.34. The number of thioether (sulfide) groups is 1. The first-order valence-corrected chi connectivity index (χ1v) is 9.02. The smallest absolute Gasteiger partial charge is 0.0251 e. The average Bonchev–Trinajstić information content (AvgIpc) is 2.38. The minimum atomic E-state index is 0.681. The topological polar surface area (TPSA) is 12.0 Å². The molecule has 106 valence electrons. The van der Waals surface area contributed by atoms with E-state index in [0.717, 1.165) is 12.5 Å². The van der Waals surface area contributed by atoms with Crippen molar-refractivity contribution in [3.05, 3.63) is 28.7 Å². The first kappa shape index (κ1) is 15.4. The molecule has 3 heteroatoms. The molecule has 1 aliphatic carbocycles. The molecule has 1 aromatic rings. The highest BCUT2D eigenvalue weighted by Crippen LogP contribution is 2.37. The number of hydrogen-bond donors (Lipinski definition) is 1. The van der Waals surface area contributed by atoms with Gasteiger partial charge < -0.3 is 5.32 Å². The van der Waals surface area contributed by atoms with E-state index in [-0.39, 0.29) is 0 Å². The zero-order valence-corrected chi connectivity index (χ0v) is 14.3. The molecule has 1 fully saturated rings. The minimum absolute atomic E-state index is 0.681. The van der Waals surface area contributed by atoms with E-state index in [1.165, 1.54) is 35.1 Å². The van der Waals surface area contributed by atoms with Gasteiger partial charge in [0.2, 0.25) is 0 Å². The molecule has 19 heavy (non-hydrogen) atoms. The van der Waals surface area contributed by atoms with Gasteiger partial charge in [0.15, 0.2) is 0 Å². The predicted molar refractivity (Wildman–Crippen MR) is 88.9 cm³/mol. The van der Waals surface area contributed by atoms with Crippen LogP contribution in [0, 0.1) is 5.92 Å². The molecule has 0 spiro atoms. The van der Waals surface area contributed by atoms with Gasteiger partial charge in [0, 0.05) is 20.7 Å². The molecule has 1 nitrogen and oxygen atoms in total. The van der Waals surface area contributed by atoms with Crippen LogP contribution in [0.4, 0.5) is 0 Å². The van der Waals surface area contributed by atoms with Crippen LogP contribution < -0.4 is 5.32 Å². The van der Waals surface area contributed by atoms with Gasteiger partial charge in [-0.2, -0.15) is 0 Å². The fourth-order valence-electron chi connectivity index (χ4n) is 2.74. The molecule has 3 unspecified atom stereocenters. The van der Waals surface area contributed by atoms with Gasteiger partial charge in [-0.1, -0.05) is 35.8 Å². The van der Waals surface area contributed by atoms with Crippen molar-refractivity contribution < 1.29 is 0 Å². The van der Waals surface area contributed by atoms with E-state index >= 15 is 0 Å². The molecule has 0 amide bonds. The van der Waals surface area contributed by atoms with Gasteiger partial charge in [-0.25, -0.2) is 0 Å². The molecule has 2 rings (SSSR count). The first-order chi connectivity index (χ1) is 9.19. The van der Waals surface area contributed by atoms with Crippen molar-refractivity contribution in [3.8, 4) is 0 Å². The van der Waals surface area contributed by atoms with Crippen molar-refractivity contribution in [1.82, 2.24) is 5.32 Å². The molecule has 1 saturated carbocycles. The van der Waals surface area contributed by atoms with E-state index in [4.69, 9.17) is 0 Å². The van der Waals surface area contributed by atoms with E-state index in [1.807, 2.05) is 11.8 Å². The van der Waals surface area contributed by atoms with Crippen molar-refractivity contribution in [3.63, 3.8) is 0 Å². The van der Waals surface area contributed by atoms with Crippen molar-refractivity contribution in [2.45, 2.75) is 55.7 Å². The highest BCUT2D eigenvalue weighted by molar-refractivity contribution is 9.10. The summed E-state index contributed by atoms with van der Waals surface area (Å²) in [4.78, 5) is 1.39. The molecule has 1 N–H and O–H groups in total. The van der Waals surface area contributed by atoms with Crippen LogP contribution in [0.1, 0.15) is 39.5 Å². The lowest BCUT2D eigenvalue weighted by molar-refractivity contribution is 0.317. The second-order valence-corrected chi connectivity index (χ2v) is 7.82. The van der Waals surface area contributed by atoms with Gasteiger partial charge in [0.1, 0.15) is 0 Å². The lowest BCUT2D eigenvalue weighted by Gasteiger charge is -2.35. The van der Waals surface area contributed by atoms with Crippen LogP contribution in [-0.2, 0) is 0 Å². The van der Waals surface area contributed by atoms with Crippen molar-refractivity contribution in [2.24, 2.45) is 5.92 Å². The van der Waals surface area contributed by atoms with Crippen LogP contribution in [-0.4, -0.2) is 17.8 Å². The van der Waals surface area contributed by atoms with Crippen LogP contribution >= 0.6 is 27.7 Å². The fourth-order valence-corrected chi connectivity index (χ4v) is 4.81. The maximum absolute atomic E-state index is 3.74. The zero-order valence-electron chi connectivity index (χ0n) is 11.9. The lowest BCUT2D eigenvalue weighted by atomic mass is 9.87. The maximum atomic E-state index is 3.74. The number of nitrogens with one attached hydrogen (secondary N) is 1. The van der Waals surface area contributed by atoms with E-state index in [9.17, 15) is 0 Å². The number of rotatable bonds is 5. The van der Waals surface area contributed by atoms with E-state index < -0.39 is 0 Å². The van der Waals surface area contributed by atoms with Crippen molar-refractivity contribution in [2.75, 3.05) is 6.54 Å². The second-order valence-electron chi connectivity index (χ2n) is 5.59. The molecule has 0 radical (unpaired) electrons. The van der Waals surface area contributed by atoms with E-state index in [2.05, 4.69) is 59.4 Å². The quantitative estimate of drug-likeness (QED) is 0.799. The van der Waals surface area contributed by atoms with Gasteiger partial charge >= 0.3 is 0 Å². The van der Waals surface area contributed by atoms with Crippen molar-refractivity contribution >= 4 is 27.7 Å². The summed E-state index contributed by atoms with van der Waals surface area (Å²) in [6.45, 7) is 5.79. The maximum Gasteiger partial charge on any atom is 0.0251 e. The standard InChI is InChI=1S/C16H24BrNS/c1-3-9-18-15-8-7-12(2)10-16(15)19-14-6-4-5-13(17)11-14/h4-6,11-12,15-16,18H,3,7-10H2,1-2H3. The highest BCUT2D eigenvalue weighted by Gasteiger charge is 2.28. The molecular weight excluding hydrogens is 318 g/mol. The summed E-state index contributed by atoms with van der Waals surface area (Å²) in [5.41, 5.74) is 0. The normalized spacial score (nSPS) is 27.4. The summed E-state index contributed by atoms with van der Waals surface area (Å²) in [7, 11) is 0. The van der Waals surface area contributed by atoms with Crippen LogP contribution in [0.15, 0.2) is 33.6 Å². The van der Waals surface area contributed by atoms with Crippen LogP contribution in [0.3, 0.4) is 0 Å². The molecule has 0 heterocycles. The van der Waals surface area contributed by atoms with E-state index in [1.54, 1.807) is 0 Å². The third-order valence-corrected chi connectivity index (χ3v) is 5.64. The fraction of sp³-hybridized carbons (Fsp3) is 0.625. The largest absolute Gasteiger partial charge is 0.313 e. The highest BCUT2D eigenvalue weighted by atomic mass is 79.9. The summed E-state index contributed by atoms with van der Waals surface area (Å²) in [6.07, 6.45) is 5.25. The Balaban J connectivity index is 2.00. The molecule has 0 aliphatic heterocycles. The Hall–Kier alpha value is 0.01000. The zero-order chi connectivity index (χ0) is 13.7. The Morgan fingerprint density at radius 1 is 1.37 bits per heavy atom. The molecule has 0 saturated heterocycles. The van der Waals surface area contributed by atoms with Gasteiger partial charge in [-0.3, -0.25) is 0 Å². The van der Waals surface area contributed by atoms with Crippen molar-refractivity contribution in [1.29, 1.82) is 0 Å². The summed E-state index contributed by atoms with van der Waals surface area (Å²) in [5, 5.41) is 4.46. The number of hydrogen-bond acceptors (Lipinski definition) is 2. The SMILES string of the molecule is CCCNC1CCC(C)CC1Sc1cccc(Br)c1. The van der Waals surface area contributed by atoms with E-state index in [0.29, 0.717) is 11.3 Å². The van der Waals surface area contributed by atoms with Crippen LogP contribution in [0.25, 0.3) is 0 Å². The molecule has 3 atom stereocenters. The third-order valence-electron chi connectivity index (χ3n) is 3.79. The Kier molecular flexibility index (Phi) is 6.24. The molecule has 0 bridgehead atoms. The summed E-state index contributed by atoms with van der Waals surface area (Å²) in [5.74, 6) is 0.865. The van der Waals surface area contributed by atoms with Gasteiger partial charge in [0.25, 0.3) is 0 Å². The summed E-state index contributed by atoms with van der Waals surface area (Å²) < 4.78 is 1.18. The van der Waals surface area contributed by atoms with Gasteiger partial charge in [-0.05, 0) is 56.3 Å². The molecule has 1 aromatic carbocycles. The van der Waals surface area contributed by atoms with Crippen LogP contribution in [0.2, 0.25) is 0 Å². The minimum Gasteiger partial charge on any atom is -0.313 e. The predicted octanol–water partition coefficient (Wildman–Crippen LogP) is 5.10. The molecule has 0 aromatic heterocycles. The van der Waals surface area contributed by atoms with Gasteiger partial charge in [-0.15, -0.1) is 11.8 Å². The number of halogens is 1. The lowest BCUT2D eigenvalue weighted by Crippen LogP contribution is -2.42. The van der Waals surface area contributed by atoms with Crippen LogP contribution in [0.5, 0.6) is 0 Å². The Labute approximate surface area is 130 Å². The Morgan fingerprint density at radius 2 is 2.21 bits per heavy atom. The number of benzene rings is 1. The van der Waals surface area contributed by atoms with Gasteiger partial charge in [0.05, 0.1) is 0 Å². The molecular formula is C16H24BrNS. The summed E-state index contributed by atoms with van der Waals surface area (Å²) in [6, 6.07) is 9.38. The third kappa shape index (κ3) is 4.80.